The van der Waals surface area contributed by atoms with Gasteiger partial charge in [-0.1, -0.05) is 37.6 Å². The van der Waals surface area contributed by atoms with Gasteiger partial charge in [-0.2, -0.15) is 0 Å². The number of aromatic nitrogens is 2. The monoisotopic (exact) mass is 243 g/mol. The van der Waals surface area contributed by atoms with Gasteiger partial charge < -0.3 is 10.3 Å². The highest BCUT2D eigenvalue weighted by Crippen LogP contribution is 2.27. The number of anilines is 1. The lowest BCUT2D eigenvalue weighted by molar-refractivity contribution is 0.650. The predicted molar refractivity (Wildman–Crippen MR) is 76.5 cm³/mol. The first-order chi connectivity index (χ1) is 8.67. The van der Waals surface area contributed by atoms with Crippen LogP contribution >= 0.6 is 0 Å². The van der Waals surface area contributed by atoms with Crippen LogP contribution in [0.1, 0.15) is 31.7 Å². The number of nitrogen functional groups attached to an aromatic ring is 1. The first kappa shape index (κ1) is 12.7. The SMILES string of the molecule is CCCn1c(CC)nc(-c2cccc(C)c2)c1N. The van der Waals surface area contributed by atoms with Crippen molar-refractivity contribution in [2.45, 2.75) is 40.2 Å². The van der Waals surface area contributed by atoms with Gasteiger partial charge in [-0.3, -0.25) is 0 Å². The van der Waals surface area contributed by atoms with Crippen LogP contribution in [0.2, 0.25) is 0 Å². The molecule has 0 atom stereocenters. The Kier molecular flexibility index (Phi) is 3.70. The van der Waals surface area contributed by atoms with E-state index in [-0.39, 0.29) is 0 Å². The van der Waals surface area contributed by atoms with Crippen LogP contribution in [0.25, 0.3) is 11.3 Å². The van der Waals surface area contributed by atoms with Crippen LogP contribution in [-0.2, 0) is 13.0 Å². The van der Waals surface area contributed by atoms with Gasteiger partial charge in [-0.15, -0.1) is 0 Å². The van der Waals surface area contributed by atoms with Crippen molar-refractivity contribution in [2.24, 2.45) is 0 Å². The molecule has 0 radical (unpaired) electrons. The lowest BCUT2D eigenvalue weighted by Gasteiger charge is -2.06. The highest BCUT2D eigenvalue weighted by Gasteiger charge is 2.14. The van der Waals surface area contributed by atoms with Crippen molar-refractivity contribution in [1.29, 1.82) is 0 Å². The van der Waals surface area contributed by atoms with Crippen molar-refractivity contribution < 1.29 is 0 Å². The molecule has 2 aromatic rings. The topological polar surface area (TPSA) is 43.8 Å². The molecule has 0 aliphatic heterocycles. The van der Waals surface area contributed by atoms with Crippen molar-refractivity contribution in [2.75, 3.05) is 5.73 Å². The summed E-state index contributed by atoms with van der Waals surface area (Å²) >= 11 is 0. The number of nitrogens with zero attached hydrogens (tertiary/aromatic N) is 2. The minimum Gasteiger partial charge on any atom is -0.383 e. The number of benzene rings is 1. The maximum atomic E-state index is 6.25. The molecule has 2 N–H and O–H groups in total. The van der Waals surface area contributed by atoms with E-state index < -0.39 is 0 Å². The molecule has 0 saturated heterocycles. The molecule has 0 aliphatic carbocycles. The Morgan fingerprint density at radius 2 is 2.06 bits per heavy atom. The van der Waals surface area contributed by atoms with Gasteiger partial charge in [0.2, 0.25) is 0 Å². The van der Waals surface area contributed by atoms with Gasteiger partial charge in [-0.25, -0.2) is 4.98 Å². The number of hydrogen-bond donors (Lipinski definition) is 1. The Morgan fingerprint density at radius 3 is 2.67 bits per heavy atom. The van der Waals surface area contributed by atoms with Gasteiger partial charge >= 0.3 is 0 Å². The van der Waals surface area contributed by atoms with Gasteiger partial charge in [-0.05, 0) is 19.4 Å². The summed E-state index contributed by atoms with van der Waals surface area (Å²) in [5, 5.41) is 0. The normalized spacial score (nSPS) is 10.8. The summed E-state index contributed by atoms with van der Waals surface area (Å²) < 4.78 is 2.14. The smallest absolute Gasteiger partial charge is 0.131 e. The lowest BCUT2D eigenvalue weighted by atomic mass is 10.1. The number of rotatable bonds is 4. The second-order valence-electron chi connectivity index (χ2n) is 4.64. The van der Waals surface area contributed by atoms with Crippen molar-refractivity contribution in [1.82, 2.24) is 9.55 Å². The van der Waals surface area contributed by atoms with Gasteiger partial charge in [0.15, 0.2) is 0 Å². The Bertz CT molecular complexity index is 541. The molecule has 18 heavy (non-hydrogen) atoms. The van der Waals surface area contributed by atoms with E-state index in [1.807, 2.05) is 0 Å². The van der Waals surface area contributed by atoms with E-state index in [4.69, 9.17) is 10.7 Å². The second kappa shape index (κ2) is 5.25. The molecule has 1 aromatic carbocycles. The third-order valence-electron chi connectivity index (χ3n) is 3.14. The van der Waals surface area contributed by atoms with E-state index in [2.05, 4.69) is 49.6 Å². The maximum absolute atomic E-state index is 6.25. The number of nitrogens with two attached hydrogens (primary N) is 1. The van der Waals surface area contributed by atoms with E-state index >= 15 is 0 Å². The molecule has 1 aromatic heterocycles. The molecule has 3 nitrogen and oxygen atoms in total. The molecule has 2 rings (SSSR count). The zero-order valence-electron chi connectivity index (χ0n) is 11.4. The molecule has 96 valence electrons. The van der Waals surface area contributed by atoms with E-state index in [0.717, 1.165) is 42.3 Å². The van der Waals surface area contributed by atoms with Crippen LogP contribution in [0.3, 0.4) is 0 Å². The molecule has 0 unspecified atom stereocenters. The minimum absolute atomic E-state index is 0.791. The third-order valence-corrected chi connectivity index (χ3v) is 3.14. The van der Waals surface area contributed by atoms with Gasteiger partial charge in [0.25, 0.3) is 0 Å². The minimum atomic E-state index is 0.791. The fourth-order valence-corrected chi connectivity index (χ4v) is 2.26. The van der Waals surface area contributed by atoms with Crippen LogP contribution in [0, 0.1) is 6.92 Å². The highest BCUT2D eigenvalue weighted by molar-refractivity contribution is 5.71. The third kappa shape index (κ3) is 2.26. The van der Waals surface area contributed by atoms with Crippen LogP contribution in [0.5, 0.6) is 0 Å². The molecule has 0 amide bonds. The molecule has 0 saturated carbocycles. The summed E-state index contributed by atoms with van der Waals surface area (Å²) in [6, 6.07) is 8.34. The van der Waals surface area contributed by atoms with E-state index in [1.54, 1.807) is 0 Å². The zero-order valence-corrected chi connectivity index (χ0v) is 11.4. The Morgan fingerprint density at radius 1 is 1.28 bits per heavy atom. The molecule has 0 spiro atoms. The van der Waals surface area contributed by atoms with Gasteiger partial charge in [0.1, 0.15) is 17.3 Å². The number of imidazole rings is 1. The van der Waals surface area contributed by atoms with Crippen molar-refractivity contribution in [3.8, 4) is 11.3 Å². The molecule has 0 bridgehead atoms. The van der Waals surface area contributed by atoms with E-state index in [0.29, 0.717) is 0 Å². The van der Waals surface area contributed by atoms with Gasteiger partial charge in [0.05, 0.1) is 0 Å². The average Bonchev–Trinajstić information content (AvgIpc) is 2.67. The maximum Gasteiger partial charge on any atom is 0.131 e. The highest BCUT2D eigenvalue weighted by atomic mass is 15.1. The summed E-state index contributed by atoms with van der Waals surface area (Å²) in [5.74, 6) is 1.87. The summed E-state index contributed by atoms with van der Waals surface area (Å²) in [7, 11) is 0. The quantitative estimate of drug-likeness (QED) is 0.894. The second-order valence-corrected chi connectivity index (χ2v) is 4.64. The standard InChI is InChI=1S/C15H21N3/c1-4-9-18-13(5-2)17-14(15(18)16)12-8-6-7-11(3)10-12/h6-8,10H,4-5,9,16H2,1-3H3. The van der Waals surface area contributed by atoms with Gasteiger partial charge in [0, 0.05) is 18.5 Å². The number of aryl methyl sites for hydroxylation is 2. The Labute approximate surface area is 109 Å². The van der Waals surface area contributed by atoms with Crippen LogP contribution < -0.4 is 5.73 Å². The fourth-order valence-electron chi connectivity index (χ4n) is 2.26. The van der Waals surface area contributed by atoms with Crippen LogP contribution in [0.15, 0.2) is 24.3 Å². The largest absolute Gasteiger partial charge is 0.383 e. The molecule has 1 heterocycles. The molecule has 0 fully saturated rings. The van der Waals surface area contributed by atoms with E-state index in [1.165, 1.54) is 5.56 Å². The summed E-state index contributed by atoms with van der Waals surface area (Å²) in [5.41, 5.74) is 9.51. The summed E-state index contributed by atoms with van der Waals surface area (Å²) in [6.07, 6.45) is 1.98. The predicted octanol–water partition coefficient (Wildman–Crippen LogP) is 3.41. The number of hydrogen-bond acceptors (Lipinski definition) is 2. The molecular formula is C15H21N3. The first-order valence-corrected chi connectivity index (χ1v) is 6.59. The Hall–Kier alpha value is -1.77. The summed E-state index contributed by atoms with van der Waals surface area (Å²) in [6.45, 7) is 7.30. The summed E-state index contributed by atoms with van der Waals surface area (Å²) in [4.78, 5) is 4.70. The molecular weight excluding hydrogens is 222 g/mol. The molecule has 0 aliphatic rings. The zero-order chi connectivity index (χ0) is 13.1. The molecule has 3 heteroatoms. The Balaban J connectivity index is 2.51. The van der Waals surface area contributed by atoms with Crippen LogP contribution in [-0.4, -0.2) is 9.55 Å². The lowest BCUT2D eigenvalue weighted by Crippen LogP contribution is -2.06. The van der Waals surface area contributed by atoms with Crippen molar-refractivity contribution in [3.05, 3.63) is 35.7 Å². The van der Waals surface area contributed by atoms with Crippen molar-refractivity contribution in [3.63, 3.8) is 0 Å². The fraction of sp³-hybridized carbons (Fsp3) is 0.400. The average molecular weight is 243 g/mol. The van der Waals surface area contributed by atoms with Crippen molar-refractivity contribution >= 4 is 5.82 Å². The first-order valence-electron chi connectivity index (χ1n) is 6.59. The van der Waals surface area contributed by atoms with Crippen LogP contribution in [0.4, 0.5) is 5.82 Å². The van der Waals surface area contributed by atoms with E-state index in [9.17, 15) is 0 Å².